The number of fused-ring (bicyclic) bond motifs is 1. The number of benzene rings is 2. The summed E-state index contributed by atoms with van der Waals surface area (Å²) in [5.74, 6) is 1.61. The van der Waals surface area contributed by atoms with Crippen LogP contribution in [0.2, 0.25) is 0 Å². The molecule has 0 unspecified atom stereocenters. The second-order valence-electron chi connectivity index (χ2n) is 6.86. The standard InChI is InChI=1S/C22H27FO/c1-3-5-14-24-21-13-11-19-15-18(10-12-20(19)22(21)23)17-8-6-16(4-2)7-9-17/h3,5,10-13,15-17H,4,6-9,14H2,1-2H3. The molecule has 0 aliphatic heterocycles. The van der Waals surface area contributed by atoms with Gasteiger partial charge in [-0.25, -0.2) is 4.39 Å². The first kappa shape index (κ1) is 17.0. The fourth-order valence-corrected chi connectivity index (χ4v) is 3.79. The summed E-state index contributed by atoms with van der Waals surface area (Å²) >= 11 is 0. The van der Waals surface area contributed by atoms with Gasteiger partial charge in [0.15, 0.2) is 11.6 Å². The van der Waals surface area contributed by atoms with Crippen LogP contribution in [0.1, 0.15) is 57.4 Å². The molecule has 0 radical (unpaired) electrons. The van der Waals surface area contributed by atoms with Gasteiger partial charge in [-0.05, 0) is 61.5 Å². The van der Waals surface area contributed by atoms with Crippen molar-refractivity contribution in [3.63, 3.8) is 0 Å². The monoisotopic (exact) mass is 326 g/mol. The summed E-state index contributed by atoms with van der Waals surface area (Å²) in [6.45, 7) is 4.62. The number of allylic oxidation sites excluding steroid dienone is 1. The lowest BCUT2D eigenvalue weighted by Gasteiger charge is -2.28. The van der Waals surface area contributed by atoms with Crippen LogP contribution in [0.5, 0.6) is 5.75 Å². The summed E-state index contributed by atoms with van der Waals surface area (Å²) < 4.78 is 20.1. The van der Waals surface area contributed by atoms with Gasteiger partial charge < -0.3 is 4.74 Å². The molecular weight excluding hydrogens is 299 g/mol. The van der Waals surface area contributed by atoms with E-state index in [1.54, 1.807) is 6.07 Å². The Bertz CT molecular complexity index is 711. The first-order valence-electron chi connectivity index (χ1n) is 9.19. The lowest BCUT2D eigenvalue weighted by Crippen LogP contribution is -2.12. The minimum absolute atomic E-state index is 0.252. The third-order valence-corrected chi connectivity index (χ3v) is 5.41. The van der Waals surface area contributed by atoms with Gasteiger partial charge in [0, 0.05) is 5.39 Å². The summed E-state index contributed by atoms with van der Waals surface area (Å²) in [4.78, 5) is 0. The zero-order chi connectivity index (χ0) is 16.9. The smallest absolute Gasteiger partial charge is 0.172 e. The number of hydrogen-bond acceptors (Lipinski definition) is 1. The zero-order valence-corrected chi connectivity index (χ0v) is 14.7. The Morgan fingerprint density at radius 3 is 2.62 bits per heavy atom. The van der Waals surface area contributed by atoms with Crippen LogP contribution >= 0.6 is 0 Å². The molecule has 0 atom stereocenters. The molecule has 0 spiro atoms. The molecule has 1 aliphatic rings. The number of rotatable bonds is 5. The van der Waals surface area contributed by atoms with Crippen molar-refractivity contribution in [2.24, 2.45) is 5.92 Å². The maximum absolute atomic E-state index is 14.6. The Hall–Kier alpha value is -1.83. The number of halogens is 1. The third-order valence-electron chi connectivity index (χ3n) is 5.41. The van der Waals surface area contributed by atoms with E-state index < -0.39 is 0 Å². The van der Waals surface area contributed by atoms with E-state index in [4.69, 9.17) is 4.74 Å². The second-order valence-corrected chi connectivity index (χ2v) is 6.86. The molecule has 0 bridgehead atoms. The molecule has 1 aliphatic carbocycles. The Morgan fingerprint density at radius 2 is 1.92 bits per heavy atom. The quantitative estimate of drug-likeness (QED) is 0.561. The van der Waals surface area contributed by atoms with Crippen molar-refractivity contribution in [1.82, 2.24) is 0 Å². The van der Waals surface area contributed by atoms with Crippen LogP contribution in [0.25, 0.3) is 10.8 Å². The molecule has 128 valence electrons. The van der Waals surface area contributed by atoms with E-state index in [-0.39, 0.29) is 5.82 Å². The SMILES string of the molecule is CC=CCOc1ccc2cc(C3CCC(CC)CC3)ccc2c1F. The van der Waals surface area contributed by atoms with Gasteiger partial charge in [-0.3, -0.25) is 0 Å². The molecule has 0 heterocycles. The highest BCUT2D eigenvalue weighted by Crippen LogP contribution is 2.38. The van der Waals surface area contributed by atoms with Gasteiger partial charge in [0.05, 0.1) is 0 Å². The van der Waals surface area contributed by atoms with Crippen LogP contribution in [-0.4, -0.2) is 6.61 Å². The lowest BCUT2D eigenvalue weighted by atomic mass is 9.77. The molecule has 2 aromatic carbocycles. The average Bonchev–Trinajstić information content (AvgIpc) is 2.63. The molecule has 0 N–H and O–H groups in total. The van der Waals surface area contributed by atoms with Crippen LogP contribution < -0.4 is 4.74 Å². The third kappa shape index (κ3) is 3.63. The van der Waals surface area contributed by atoms with Crippen LogP contribution in [0.3, 0.4) is 0 Å². The van der Waals surface area contributed by atoms with Crippen LogP contribution in [0, 0.1) is 11.7 Å². The molecule has 24 heavy (non-hydrogen) atoms. The minimum atomic E-state index is -0.252. The maximum Gasteiger partial charge on any atom is 0.172 e. The van der Waals surface area contributed by atoms with E-state index in [1.807, 2.05) is 31.2 Å². The average molecular weight is 326 g/mol. The Balaban J connectivity index is 1.80. The van der Waals surface area contributed by atoms with Gasteiger partial charge in [-0.1, -0.05) is 49.8 Å². The topological polar surface area (TPSA) is 9.23 Å². The van der Waals surface area contributed by atoms with E-state index >= 15 is 0 Å². The van der Waals surface area contributed by atoms with Crippen molar-refractivity contribution in [2.75, 3.05) is 6.61 Å². The molecule has 0 amide bonds. The van der Waals surface area contributed by atoms with E-state index in [0.29, 0.717) is 23.7 Å². The Kier molecular flexibility index (Phi) is 5.55. The summed E-state index contributed by atoms with van der Waals surface area (Å²) in [6.07, 6.45) is 10.2. The molecule has 1 fully saturated rings. The van der Waals surface area contributed by atoms with Crippen molar-refractivity contribution in [2.45, 2.75) is 51.9 Å². The van der Waals surface area contributed by atoms with Crippen molar-refractivity contribution in [3.05, 3.63) is 53.9 Å². The predicted molar refractivity (Wildman–Crippen MR) is 99.2 cm³/mol. The van der Waals surface area contributed by atoms with E-state index in [0.717, 1.165) is 11.3 Å². The molecule has 0 aromatic heterocycles. The van der Waals surface area contributed by atoms with Gasteiger partial charge in [0.1, 0.15) is 6.61 Å². The van der Waals surface area contributed by atoms with Crippen molar-refractivity contribution < 1.29 is 9.13 Å². The first-order chi connectivity index (χ1) is 11.7. The van der Waals surface area contributed by atoms with E-state index in [2.05, 4.69) is 19.1 Å². The molecule has 1 saturated carbocycles. The Labute approximate surface area is 144 Å². The van der Waals surface area contributed by atoms with Crippen LogP contribution in [0.15, 0.2) is 42.5 Å². The molecule has 2 aromatic rings. The van der Waals surface area contributed by atoms with Gasteiger partial charge in [-0.2, -0.15) is 0 Å². The van der Waals surface area contributed by atoms with Crippen molar-refractivity contribution in [3.8, 4) is 5.75 Å². The highest BCUT2D eigenvalue weighted by atomic mass is 19.1. The lowest BCUT2D eigenvalue weighted by molar-refractivity contribution is 0.319. The van der Waals surface area contributed by atoms with Gasteiger partial charge in [-0.15, -0.1) is 0 Å². The fourth-order valence-electron chi connectivity index (χ4n) is 3.79. The maximum atomic E-state index is 14.6. The van der Waals surface area contributed by atoms with Crippen LogP contribution in [-0.2, 0) is 0 Å². The summed E-state index contributed by atoms with van der Waals surface area (Å²) in [6, 6.07) is 9.93. The molecular formula is C22H27FO. The largest absolute Gasteiger partial charge is 0.486 e. The van der Waals surface area contributed by atoms with E-state index in [9.17, 15) is 4.39 Å². The molecule has 3 rings (SSSR count). The molecule has 2 heteroatoms. The highest BCUT2D eigenvalue weighted by molar-refractivity contribution is 5.85. The van der Waals surface area contributed by atoms with Crippen molar-refractivity contribution in [1.29, 1.82) is 0 Å². The minimum Gasteiger partial charge on any atom is -0.486 e. The van der Waals surface area contributed by atoms with Crippen LogP contribution in [0.4, 0.5) is 4.39 Å². The molecule has 0 saturated heterocycles. The summed E-state index contributed by atoms with van der Waals surface area (Å²) in [7, 11) is 0. The highest BCUT2D eigenvalue weighted by Gasteiger charge is 2.21. The normalized spacial score (nSPS) is 21.5. The summed E-state index contributed by atoms with van der Waals surface area (Å²) in [5, 5.41) is 1.62. The fraction of sp³-hybridized carbons (Fsp3) is 0.455. The second kappa shape index (κ2) is 7.83. The van der Waals surface area contributed by atoms with Gasteiger partial charge >= 0.3 is 0 Å². The zero-order valence-electron chi connectivity index (χ0n) is 14.7. The predicted octanol–water partition coefficient (Wildman–Crippen LogP) is 6.62. The van der Waals surface area contributed by atoms with Crippen molar-refractivity contribution >= 4 is 10.8 Å². The number of hydrogen-bond donors (Lipinski definition) is 0. The molecule has 1 nitrogen and oxygen atoms in total. The number of ether oxygens (including phenoxy) is 1. The Morgan fingerprint density at radius 1 is 1.12 bits per heavy atom. The van der Waals surface area contributed by atoms with Gasteiger partial charge in [0.2, 0.25) is 0 Å². The summed E-state index contributed by atoms with van der Waals surface area (Å²) in [5.41, 5.74) is 1.36. The first-order valence-corrected chi connectivity index (χ1v) is 9.19. The van der Waals surface area contributed by atoms with E-state index in [1.165, 1.54) is 37.7 Å². The van der Waals surface area contributed by atoms with Gasteiger partial charge in [0.25, 0.3) is 0 Å².